The lowest BCUT2D eigenvalue weighted by Gasteiger charge is -2.38. The molecule has 2 aromatic rings. The van der Waals surface area contributed by atoms with Crippen LogP contribution in [0.15, 0.2) is 42.5 Å². The lowest BCUT2D eigenvalue weighted by atomic mass is 9.89. The van der Waals surface area contributed by atoms with Crippen LogP contribution in [-0.4, -0.2) is 10.7 Å². The first-order valence-electron chi connectivity index (χ1n) is 8.58. The Labute approximate surface area is 161 Å². The Morgan fingerprint density at radius 1 is 1.19 bits per heavy atom. The van der Waals surface area contributed by atoms with Gasteiger partial charge in [-0.25, -0.2) is 0 Å². The molecule has 3 nitrogen and oxygen atoms in total. The van der Waals surface area contributed by atoms with E-state index in [1.165, 1.54) is 6.07 Å². The van der Waals surface area contributed by atoms with Crippen LogP contribution in [0.25, 0.3) is 0 Å². The Hall–Kier alpha value is -2.28. The fraction of sp³-hybridized carbons (Fsp3) is 0.350. The van der Waals surface area contributed by atoms with Gasteiger partial charge in [0.15, 0.2) is 5.11 Å². The molecule has 144 valence electrons. The lowest BCUT2D eigenvalue weighted by molar-refractivity contribution is -0.137. The number of alkyl halides is 3. The Morgan fingerprint density at radius 3 is 2.63 bits per heavy atom. The van der Waals surface area contributed by atoms with Crippen molar-refractivity contribution in [3.8, 4) is 5.75 Å². The molecule has 0 unspecified atom stereocenters. The molecule has 7 heteroatoms. The quantitative estimate of drug-likeness (QED) is 0.650. The predicted octanol–water partition coefficient (Wildman–Crippen LogP) is 5.60. The molecule has 27 heavy (non-hydrogen) atoms. The molecule has 0 spiro atoms. The molecule has 1 heterocycles. The first-order chi connectivity index (χ1) is 12.5. The summed E-state index contributed by atoms with van der Waals surface area (Å²) in [5, 5.41) is 6.33. The van der Waals surface area contributed by atoms with Crippen molar-refractivity contribution in [1.82, 2.24) is 5.32 Å². The highest BCUT2D eigenvalue weighted by Crippen LogP contribution is 2.40. The minimum atomic E-state index is -4.39. The molecule has 0 amide bonds. The van der Waals surface area contributed by atoms with Gasteiger partial charge in [-0.05, 0) is 62.8 Å². The number of anilines is 1. The molecule has 3 rings (SSSR count). The first-order valence-corrected chi connectivity index (χ1v) is 8.99. The van der Waals surface area contributed by atoms with E-state index in [4.69, 9.17) is 17.0 Å². The van der Waals surface area contributed by atoms with E-state index in [-0.39, 0.29) is 22.4 Å². The summed E-state index contributed by atoms with van der Waals surface area (Å²) in [6, 6.07) is 10.8. The fourth-order valence-electron chi connectivity index (χ4n) is 3.19. The van der Waals surface area contributed by atoms with Gasteiger partial charge in [0.2, 0.25) is 0 Å². The van der Waals surface area contributed by atoms with Crippen LogP contribution in [-0.2, 0) is 6.18 Å². The molecule has 1 atom stereocenters. The zero-order valence-corrected chi connectivity index (χ0v) is 16.1. The lowest BCUT2D eigenvalue weighted by Crippen LogP contribution is -2.42. The van der Waals surface area contributed by atoms with Crippen molar-refractivity contribution in [2.75, 3.05) is 5.32 Å². The standard InChI is InChI=1S/C20H21F3N2OS/c1-12-7-8-15-16(11-19(2,3)26-17(15)9-12)25-18(27)24-14-6-4-5-13(10-14)20(21,22)23/h4-10,16H,11H2,1-3H3,(H2,24,25,27)/t16-/m1/s1. The number of thiocarbonyl (C=S) groups is 1. The second-order valence-electron chi connectivity index (χ2n) is 7.34. The van der Waals surface area contributed by atoms with Gasteiger partial charge >= 0.3 is 6.18 Å². The van der Waals surface area contributed by atoms with Gasteiger partial charge < -0.3 is 15.4 Å². The van der Waals surface area contributed by atoms with Gasteiger partial charge in [0, 0.05) is 17.7 Å². The maximum atomic E-state index is 12.9. The van der Waals surface area contributed by atoms with Crippen LogP contribution < -0.4 is 15.4 Å². The number of aryl methyl sites for hydroxylation is 1. The summed E-state index contributed by atoms with van der Waals surface area (Å²) < 4.78 is 44.7. The minimum absolute atomic E-state index is 0.102. The predicted molar refractivity (Wildman–Crippen MR) is 104 cm³/mol. The zero-order chi connectivity index (χ0) is 19.8. The van der Waals surface area contributed by atoms with E-state index < -0.39 is 11.7 Å². The molecular weight excluding hydrogens is 373 g/mol. The third-order valence-electron chi connectivity index (χ3n) is 4.38. The molecule has 0 radical (unpaired) electrons. The fourth-order valence-corrected chi connectivity index (χ4v) is 3.45. The normalized spacial score (nSPS) is 18.2. The number of ether oxygens (including phenoxy) is 1. The zero-order valence-electron chi connectivity index (χ0n) is 15.3. The molecule has 2 aromatic carbocycles. The van der Waals surface area contributed by atoms with E-state index in [1.807, 2.05) is 39.0 Å². The highest BCUT2D eigenvalue weighted by molar-refractivity contribution is 7.80. The average Bonchev–Trinajstić information content (AvgIpc) is 2.52. The van der Waals surface area contributed by atoms with Crippen LogP contribution in [0.4, 0.5) is 18.9 Å². The topological polar surface area (TPSA) is 33.3 Å². The summed E-state index contributed by atoms with van der Waals surface area (Å²) in [6.07, 6.45) is -3.72. The Balaban J connectivity index is 1.77. The van der Waals surface area contributed by atoms with Gasteiger partial charge in [0.05, 0.1) is 11.6 Å². The van der Waals surface area contributed by atoms with Gasteiger partial charge in [-0.3, -0.25) is 0 Å². The summed E-state index contributed by atoms with van der Waals surface area (Å²) in [5.74, 6) is 0.797. The highest BCUT2D eigenvalue weighted by atomic mass is 32.1. The number of halogens is 3. The SMILES string of the molecule is Cc1ccc2c(c1)OC(C)(C)C[C@H]2NC(=S)Nc1cccc(C(F)(F)F)c1. The van der Waals surface area contributed by atoms with E-state index in [2.05, 4.69) is 10.6 Å². The monoisotopic (exact) mass is 394 g/mol. The smallest absolute Gasteiger partial charge is 0.416 e. The molecule has 0 aliphatic carbocycles. The van der Waals surface area contributed by atoms with Crippen LogP contribution in [0.2, 0.25) is 0 Å². The van der Waals surface area contributed by atoms with E-state index >= 15 is 0 Å². The first kappa shape index (κ1) is 19.5. The summed E-state index contributed by atoms with van der Waals surface area (Å²) in [7, 11) is 0. The van der Waals surface area contributed by atoms with Crippen molar-refractivity contribution < 1.29 is 17.9 Å². The van der Waals surface area contributed by atoms with Crippen LogP contribution in [0.5, 0.6) is 5.75 Å². The van der Waals surface area contributed by atoms with E-state index in [0.717, 1.165) is 29.0 Å². The Morgan fingerprint density at radius 2 is 1.93 bits per heavy atom. The molecule has 1 aliphatic heterocycles. The summed E-state index contributed by atoms with van der Waals surface area (Å²) in [5.41, 5.74) is 1.26. The van der Waals surface area contributed by atoms with E-state index in [9.17, 15) is 13.2 Å². The Bertz CT molecular complexity index is 865. The van der Waals surface area contributed by atoms with Crippen LogP contribution in [0.3, 0.4) is 0 Å². The van der Waals surface area contributed by atoms with Crippen molar-refractivity contribution >= 4 is 23.0 Å². The van der Waals surface area contributed by atoms with Crippen LogP contribution in [0, 0.1) is 6.92 Å². The molecule has 1 aliphatic rings. The number of rotatable bonds is 2. The molecular formula is C20H21F3N2OS. The summed E-state index contributed by atoms with van der Waals surface area (Å²) in [6.45, 7) is 5.99. The molecule has 0 saturated heterocycles. The third kappa shape index (κ3) is 4.71. The number of nitrogens with one attached hydrogen (secondary N) is 2. The minimum Gasteiger partial charge on any atom is -0.487 e. The maximum absolute atomic E-state index is 12.9. The van der Waals surface area contributed by atoms with Gasteiger partial charge in [-0.15, -0.1) is 0 Å². The van der Waals surface area contributed by atoms with Crippen molar-refractivity contribution in [3.05, 3.63) is 59.2 Å². The number of hydrogen-bond acceptors (Lipinski definition) is 2. The Kier molecular flexibility index (Phi) is 5.08. The van der Waals surface area contributed by atoms with E-state index in [1.54, 1.807) is 6.07 Å². The largest absolute Gasteiger partial charge is 0.487 e. The number of fused-ring (bicyclic) bond motifs is 1. The van der Waals surface area contributed by atoms with Crippen LogP contribution in [0.1, 0.15) is 43.0 Å². The van der Waals surface area contributed by atoms with E-state index in [0.29, 0.717) is 6.42 Å². The van der Waals surface area contributed by atoms with Gasteiger partial charge in [0.25, 0.3) is 0 Å². The molecule has 0 saturated carbocycles. The summed E-state index contributed by atoms with van der Waals surface area (Å²) in [4.78, 5) is 0. The summed E-state index contributed by atoms with van der Waals surface area (Å²) >= 11 is 5.34. The van der Waals surface area contributed by atoms with Crippen molar-refractivity contribution in [1.29, 1.82) is 0 Å². The average molecular weight is 394 g/mol. The molecule has 0 fully saturated rings. The highest BCUT2D eigenvalue weighted by Gasteiger charge is 2.34. The molecule has 0 aromatic heterocycles. The van der Waals surface area contributed by atoms with Crippen molar-refractivity contribution in [3.63, 3.8) is 0 Å². The van der Waals surface area contributed by atoms with Gasteiger partial charge in [-0.2, -0.15) is 13.2 Å². The third-order valence-corrected chi connectivity index (χ3v) is 4.60. The maximum Gasteiger partial charge on any atom is 0.416 e. The second kappa shape index (κ2) is 7.03. The van der Waals surface area contributed by atoms with Gasteiger partial charge in [0.1, 0.15) is 11.4 Å². The molecule has 0 bridgehead atoms. The number of hydrogen-bond donors (Lipinski definition) is 2. The van der Waals surface area contributed by atoms with Crippen molar-refractivity contribution in [2.45, 2.75) is 45.0 Å². The number of benzene rings is 2. The van der Waals surface area contributed by atoms with Gasteiger partial charge in [-0.1, -0.05) is 18.2 Å². The molecule has 2 N–H and O–H groups in total. The second-order valence-corrected chi connectivity index (χ2v) is 7.75. The van der Waals surface area contributed by atoms with Crippen molar-refractivity contribution in [2.24, 2.45) is 0 Å². The van der Waals surface area contributed by atoms with Crippen LogP contribution >= 0.6 is 12.2 Å².